The molecule has 0 unspecified atom stereocenters. The lowest BCUT2D eigenvalue weighted by molar-refractivity contribution is 0.0991. The largest absolute Gasteiger partial charge is 0.494 e. The smallest absolute Gasteiger partial charge is 0.276 e. The minimum Gasteiger partial charge on any atom is -0.494 e. The second kappa shape index (κ2) is 19.5. The van der Waals surface area contributed by atoms with Gasteiger partial charge in [0.05, 0.1) is 41.8 Å². The summed E-state index contributed by atoms with van der Waals surface area (Å²) in [6.07, 6.45) is 9.67. The molecule has 65 heavy (non-hydrogen) atoms. The Kier molecular flexibility index (Phi) is 13.5. The Bertz CT molecular complexity index is 2980. The fraction of sp³-hybridized carbons (Fsp3) is 0.302. The second-order valence-electron chi connectivity index (χ2n) is 14.8. The predicted molar refractivity (Wildman–Crippen MR) is 241 cm³/mol. The van der Waals surface area contributed by atoms with Crippen LogP contribution in [-0.2, 0) is 39.1 Å². The molecule has 0 atom stereocenters. The number of rotatable bonds is 20. The molecule has 0 radical (unpaired) electrons. The molecule has 22 heteroatoms. The number of fused-ring (bicyclic) bond motifs is 2. The lowest BCUT2D eigenvalue weighted by atomic mass is 10.1. The first-order valence-electron chi connectivity index (χ1n) is 20.8. The summed E-state index contributed by atoms with van der Waals surface area (Å²) in [5.74, 6) is -1.36. The summed E-state index contributed by atoms with van der Waals surface area (Å²) in [5.41, 5.74) is 21.8. The van der Waals surface area contributed by atoms with Gasteiger partial charge in [-0.2, -0.15) is 10.2 Å². The van der Waals surface area contributed by atoms with Crippen LogP contribution in [0.3, 0.4) is 0 Å². The Labute approximate surface area is 372 Å². The van der Waals surface area contributed by atoms with Crippen LogP contribution in [-0.4, -0.2) is 97.5 Å². The lowest BCUT2D eigenvalue weighted by Gasteiger charge is -2.13. The van der Waals surface area contributed by atoms with Gasteiger partial charge in [0.15, 0.2) is 0 Å². The lowest BCUT2D eigenvalue weighted by Crippen LogP contribution is -2.20. The number of ether oxygens (including phenoxy) is 2. The molecular formula is C43H50N16O6. The van der Waals surface area contributed by atoms with Gasteiger partial charge in [-0.15, -0.1) is 5.10 Å². The Morgan fingerprint density at radius 2 is 1.25 bits per heavy atom. The molecule has 7 aromatic rings. The van der Waals surface area contributed by atoms with Crippen LogP contribution in [0.15, 0.2) is 66.9 Å². The summed E-state index contributed by atoms with van der Waals surface area (Å²) in [6, 6.07) is 9.47. The summed E-state index contributed by atoms with van der Waals surface area (Å²) >= 11 is 0. The van der Waals surface area contributed by atoms with E-state index in [1.165, 1.54) is 31.4 Å². The SMILES string of the molecule is CCn1nc(C)cc1C(=O)Nc1nc2cc(C(N)=O)cc(OC)c2n1C/C=C/Cn1c(NC(=O)c2cc(C)nn2CC)nc2cc(C(N)=O)cc(OC/C=C/Cc3cn(CCN)nn3)c21. The van der Waals surface area contributed by atoms with Crippen molar-refractivity contribution in [3.8, 4) is 11.5 Å². The first kappa shape index (κ1) is 44.9. The Morgan fingerprint density at radius 1 is 0.723 bits per heavy atom. The summed E-state index contributed by atoms with van der Waals surface area (Å²) in [4.78, 5) is 61.8. The number of aromatic nitrogens is 11. The molecule has 0 aliphatic rings. The van der Waals surface area contributed by atoms with Crippen LogP contribution in [0.5, 0.6) is 11.5 Å². The van der Waals surface area contributed by atoms with Gasteiger partial charge in [-0.3, -0.25) is 43.9 Å². The number of hydrogen-bond donors (Lipinski definition) is 5. The summed E-state index contributed by atoms with van der Waals surface area (Å²) in [6.45, 7) is 9.65. The van der Waals surface area contributed by atoms with Crippen LogP contribution in [0.4, 0.5) is 11.9 Å². The van der Waals surface area contributed by atoms with Crippen molar-refractivity contribution in [3.05, 3.63) is 106 Å². The fourth-order valence-corrected chi connectivity index (χ4v) is 7.27. The molecule has 0 bridgehead atoms. The molecule has 0 fully saturated rings. The first-order valence-corrected chi connectivity index (χ1v) is 20.8. The van der Waals surface area contributed by atoms with Crippen molar-refractivity contribution in [1.82, 2.24) is 53.7 Å². The molecule has 7 rings (SSSR count). The summed E-state index contributed by atoms with van der Waals surface area (Å²) in [7, 11) is 1.46. The topological polar surface area (TPSA) is 291 Å². The number of benzene rings is 2. The molecule has 5 aromatic heterocycles. The highest BCUT2D eigenvalue weighted by molar-refractivity contribution is 6.05. The number of primary amides is 2. The van der Waals surface area contributed by atoms with Gasteiger partial charge in [0.2, 0.25) is 23.7 Å². The minimum absolute atomic E-state index is 0.103. The van der Waals surface area contributed by atoms with E-state index in [0.29, 0.717) is 83.2 Å². The molecule has 4 amide bonds. The number of amides is 4. The molecule has 0 saturated carbocycles. The number of nitrogens with two attached hydrogens (primary N) is 3. The normalized spacial score (nSPS) is 11.7. The fourth-order valence-electron chi connectivity index (χ4n) is 7.27. The number of allylic oxidation sites excluding steroid dienone is 3. The van der Waals surface area contributed by atoms with Crippen LogP contribution < -0.4 is 37.3 Å². The van der Waals surface area contributed by atoms with Crippen LogP contribution >= 0.6 is 0 Å². The molecular weight excluding hydrogens is 837 g/mol. The first-order chi connectivity index (χ1) is 31.3. The quantitative estimate of drug-likeness (QED) is 0.0689. The standard InChI is InChI=1S/C43H50N16O6/c1-6-58-32(18-25(3)52-58)40(62)49-42-47-30-20-27(38(45)60)22-34(64-5)36(30)56(42)14-9-10-15-57-37-31(48-43(57)50-41(63)33-19-26(4)53-59(33)7-2)21-28(39(46)61)23-35(37)65-17-11-8-12-29-24-55(16-13-44)54-51-29/h8-11,18-24H,6-7,12-17,44H2,1-5H3,(H2,45,60)(H2,46,61)(H,47,49,62)(H,48,50,63)/b10-9+,11-8+. The molecule has 0 aliphatic carbocycles. The van der Waals surface area contributed by atoms with Crippen LogP contribution in [0, 0.1) is 13.8 Å². The zero-order valence-electron chi connectivity index (χ0n) is 36.6. The molecule has 5 heterocycles. The highest BCUT2D eigenvalue weighted by Crippen LogP contribution is 2.33. The number of nitrogens with zero attached hydrogens (tertiary/aromatic N) is 11. The maximum absolute atomic E-state index is 13.8. The van der Waals surface area contributed by atoms with Crippen LogP contribution in [0.2, 0.25) is 0 Å². The van der Waals surface area contributed by atoms with E-state index in [0.717, 1.165) is 5.69 Å². The van der Waals surface area contributed by atoms with Gasteiger partial charge in [0.1, 0.15) is 40.5 Å². The average Bonchev–Trinajstić information content (AvgIpc) is 4.12. The molecule has 8 N–H and O–H groups in total. The van der Waals surface area contributed by atoms with E-state index >= 15 is 0 Å². The number of imidazole rings is 2. The molecule has 0 aliphatic heterocycles. The predicted octanol–water partition coefficient (Wildman–Crippen LogP) is 3.13. The highest BCUT2D eigenvalue weighted by atomic mass is 16.5. The zero-order chi connectivity index (χ0) is 46.4. The van der Waals surface area contributed by atoms with Crippen molar-refractivity contribution in [3.63, 3.8) is 0 Å². The van der Waals surface area contributed by atoms with Gasteiger partial charge in [-0.25, -0.2) is 9.97 Å². The van der Waals surface area contributed by atoms with Crippen LogP contribution in [0.1, 0.15) is 72.6 Å². The summed E-state index contributed by atoms with van der Waals surface area (Å²) in [5, 5.41) is 22.9. The number of anilines is 2. The maximum atomic E-state index is 13.8. The van der Waals surface area contributed by atoms with Gasteiger partial charge in [-0.05, 0) is 64.1 Å². The van der Waals surface area contributed by atoms with E-state index in [1.54, 1.807) is 49.2 Å². The van der Waals surface area contributed by atoms with Crippen molar-refractivity contribution >= 4 is 57.6 Å². The second-order valence-corrected chi connectivity index (χ2v) is 14.8. The monoisotopic (exact) mass is 886 g/mol. The van der Waals surface area contributed by atoms with Gasteiger partial charge in [0, 0.05) is 56.5 Å². The Balaban J connectivity index is 1.25. The molecule has 22 nitrogen and oxygen atoms in total. The molecule has 0 spiro atoms. The third-order valence-electron chi connectivity index (χ3n) is 10.2. The number of carbonyl (C=O) groups is 4. The van der Waals surface area contributed by atoms with Crippen molar-refractivity contribution in [2.75, 3.05) is 30.9 Å². The van der Waals surface area contributed by atoms with Crippen molar-refractivity contribution in [2.45, 2.75) is 66.8 Å². The van der Waals surface area contributed by atoms with E-state index in [2.05, 4.69) is 31.1 Å². The maximum Gasteiger partial charge on any atom is 0.276 e. The molecule has 338 valence electrons. The minimum atomic E-state index is -0.696. The van der Waals surface area contributed by atoms with Crippen molar-refractivity contribution in [1.29, 1.82) is 0 Å². The van der Waals surface area contributed by atoms with Gasteiger partial charge in [0.25, 0.3) is 11.8 Å². The van der Waals surface area contributed by atoms with Gasteiger partial charge in [-0.1, -0.05) is 29.5 Å². The number of carbonyl (C=O) groups excluding carboxylic acids is 4. The average molecular weight is 887 g/mol. The third-order valence-corrected chi connectivity index (χ3v) is 10.2. The molecule has 2 aromatic carbocycles. The van der Waals surface area contributed by atoms with Gasteiger partial charge >= 0.3 is 0 Å². The number of hydrogen-bond acceptors (Lipinski definition) is 13. The molecule has 0 saturated heterocycles. The van der Waals surface area contributed by atoms with E-state index in [4.69, 9.17) is 36.6 Å². The summed E-state index contributed by atoms with van der Waals surface area (Å²) < 4.78 is 20.3. The van der Waals surface area contributed by atoms with Crippen molar-refractivity contribution < 1.29 is 28.7 Å². The highest BCUT2D eigenvalue weighted by Gasteiger charge is 2.24. The van der Waals surface area contributed by atoms with E-state index in [-0.39, 0.29) is 48.5 Å². The van der Waals surface area contributed by atoms with E-state index in [9.17, 15) is 19.2 Å². The van der Waals surface area contributed by atoms with E-state index in [1.807, 2.05) is 44.3 Å². The Hall–Kier alpha value is -8.14. The number of nitrogens with one attached hydrogen (secondary N) is 2. The number of aryl methyl sites for hydroxylation is 4. The van der Waals surface area contributed by atoms with Crippen LogP contribution in [0.25, 0.3) is 22.1 Å². The Morgan fingerprint density at radius 3 is 1.74 bits per heavy atom. The zero-order valence-corrected chi connectivity index (χ0v) is 36.6. The van der Waals surface area contributed by atoms with Gasteiger partial charge < -0.3 is 35.8 Å². The van der Waals surface area contributed by atoms with Crippen molar-refractivity contribution in [2.24, 2.45) is 17.2 Å². The third kappa shape index (κ3) is 9.76. The number of methoxy groups -OCH3 is 1. The van der Waals surface area contributed by atoms with E-state index < -0.39 is 23.6 Å².